The fourth-order valence-electron chi connectivity index (χ4n) is 4.47. The Bertz CT molecular complexity index is 1980. The van der Waals surface area contributed by atoms with E-state index in [4.69, 9.17) is 10.8 Å². The van der Waals surface area contributed by atoms with Gasteiger partial charge in [0.1, 0.15) is 12.1 Å². The van der Waals surface area contributed by atoms with Crippen LogP contribution in [-0.4, -0.2) is 83.0 Å². The van der Waals surface area contributed by atoms with Crippen molar-refractivity contribution >= 4 is 64.1 Å². The molecule has 0 saturated carbocycles. The summed E-state index contributed by atoms with van der Waals surface area (Å²) in [5.41, 5.74) is 6.52. The minimum absolute atomic E-state index is 0.0221. The molecule has 0 aliphatic heterocycles. The van der Waals surface area contributed by atoms with Gasteiger partial charge in [0, 0.05) is 35.3 Å². The van der Waals surface area contributed by atoms with Crippen molar-refractivity contribution in [2.24, 2.45) is 0 Å². The molecule has 4 aromatic rings. The van der Waals surface area contributed by atoms with E-state index < -0.39 is 66.1 Å². The predicted octanol–water partition coefficient (Wildman–Crippen LogP) is 0.557. The highest BCUT2D eigenvalue weighted by Crippen LogP contribution is 2.15. The van der Waals surface area contributed by atoms with Crippen LogP contribution in [-0.2, 0) is 25.7 Å². The molecule has 3 amide bonds. The van der Waals surface area contributed by atoms with Gasteiger partial charge >= 0.3 is 17.9 Å². The monoisotopic (exact) mass is 689 g/mol. The number of anilines is 3. The van der Waals surface area contributed by atoms with Crippen LogP contribution in [0.5, 0.6) is 0 Å². The SMILES string of the molecule is Nc1nc2ncc(CNc3ccc(C(=O)N[C@@H](CCC(=O)O)C(=O)Nc4ccc(C(=O)N[C@@H](CCC(=O)O)C(=O)O)cc4)cc3)nc2c(=O)[nH]1. The zero-order chi connectivity index (χ0) is 36.4. The molecule has 0 saturated heterocycles. The number of nitrogens with zero attached hydrogens (tertiary/aromatic N) is 3. The number of benzene rings is 2. The van der Waals surface area contributed by atoms with Gasteiger partial charge in [0.15, 0.2) is 11.2 Å². The summed E-state index contributed by atoms with van der Waals surface area (Å²) >= 11 is 0. The van der Waals surface area contributed by atoms with Crippen molar-refractivity contribution in [3.63, 3.8) is 0 Å². The van der Waals surface area contributed by atoms with E-state index >= 15 is 0 Å². The van der Waals surface area contributed by atoms with Gasteiger partial charge in [-0.25, -0.2) is 14.8 Å². The second-order valence-electron chi connectivity index (χ2n) is 10.7. The maximum atomic E-state index is 13.1. The first-order valence-corrected chi connectivity index (χ1v) is 14.8. The van der Waals surface area contributed by atoms with Crippen molar-refractivity contribution in [3.05, 3.63) is 81.9 Å². The predicted molar refractivity (Wildman–Crippen MR) is 175 cm³/mol. The number of carboxylic acids is 3. The summed E-state index contributed by atoms with van der Waals surface area (Å²) in [5, 5.41) is 37.6. The third kappa shape index (κ3) is 10.0. The van der Waals surface area contributed by atoms with Gasteiger partial charge in [-0.1, -0.05) is 0 Å². The third-order valence-corrected chi connectivity index (χ3v) is 7.04. The number of carbonyl (C=O) groups excluding carboxylic acids is 3. The van der Waals surface area contributed by atoms with Crippen molar-refractivity contribution < 1.29 is 44.1 Å². The van der Waals surface area contributed by atoms with Gasteiger partial charge in [-0.15, -0.1) is 0 Å². The van der Waals surface area contributed by atoms with E-state index in [0.29, 0.717) is 11.4 Å². The van der Waals surface area contributed by atoms with Crippen LogP contribution in [0.4, 0.5) is 17.3 Å². The second kappa shape index (κ2) is 16.3. The van der Waals surface area contributed by atoms with Crippen molar-refractivity contribution in [2.75, 3.05) is 16.4 Å². The van der Waals surface area contributed by atoms with Crippen LogP contribution >= 0.6 is 0 Å². The summed E-state index contributed by atoms with van der Waals surface area (Å²) in [6.45, 7) is 0.178. The molecule has 260 valence electrons. The maximum Gasteiger partial charge on any atom is 0.326 e. The van der Waals surface area contributed by atoms with E-state index in [9.17, 15) is 43.8 Å². The first-order chi connectivity index (χ1) is 23.8. The van der Waals surface area contributed by atoms with E-state index in [1.54, 1.807) is 12.1 Å². The largest absolute Gasteiger partial charge is 0.481 e. The number of aromatic amines is 1. The normalized spacial score (nSPS) is 11.9. The zero-order valence-corrected chi connectivity index (χ0v) is 26.0. The lowest BCUT2D eigenvalue weighted by Gasteiger charge is -2.18. The summed E-state index contributed by atoms with van der Waals surface area (Å²) in [6, 6.07) is 8.72. The first kappa shape index (κ1) is 35.9. The van der Waals surface area contributed by atoms with Gasteiger partial charge in [0.2, 0.25) is 11.9 Å². The zero-order valence-electron chi connectivity index (χ0n) is 26.0. The van der Waals surface area contributed by atoms with E-state index in [1.807, 2.05) is 0 Å². The van der Waals surface area contributed by atoms with E-state index in [0.717, 1.165) is 0 Å². The third-order valence-electron chi connectivity index (χ3n) is 7.04. The number of nitrogens with two attached hydrogens (primary N) is 1. The van der Waals surface area contributed by atoms with Gasteiger partial charge in [0.25, 0.3) is 17.4 Å². The van der Waals surface area contributed by atoms with E-state index in [-0.39, 0.29) is 53.3 Å². The molecule has 10 N–H and O–H groups in total. The molecule has 2 aromatic carbocycles. The second-order valence-corrected chi connectivity index (χ2v) is 10.7. The maximum absolute atomic E-state index is 13.1. The van der Waals surface area contributed by atoms with Crippen LogP contribution in [0, 0.1) is 0 Å². The highest BCUT2D eigenvalue weighted by atomic mass is 16.4. The molecular weight excluding hydrogens is 658 g/mol. The molecule has 0 aliphatic rings. The number of carboxylic acid groups (broad SMARTS) is 3. The molecule has 4 rings (SSSR count). The van der Waals surface area contributed by atoms with Gasteiger partial charge in [-0.3, -0.25) is 33.8 Å². The highest BCUT2D eigenvalue weighted by Gasteiger charge is 2.24. The Hall–Kier alpha value is -6.92. The van der Waals surface area contributed by atoms with Crippen LogP contribution in [0.15, 0.2) is 59.5 Å². The highest BCUT2D eigenvalue weighted by molar-refractivity contribution is 6.02. The molecule has 50 heavy (non-hydrogen) atoms. The number of H-pyrrole nitrogens is 1. The fourth-order valence-corrected chi connectivity index (χ4v) is 4.47. The van der Waals surface area contributed by atoms with Crippen LogP contribution in [0.1, 0.15) is 52.1 Å². The number of carbonyl (C=O) groups is 6. The molecule has 19 nitrogen and oxygen atoms in total. The van der Waals surface area contributed by atoms with Crippen molar-refractivity contribution in [1.29, 1.82) is 0 Å². The summed E-state index contributed by atoms with van der Waals surface area (Å²) in [6.07, 6.45) is -0.0264. The Labute approximate surface area is 281 Å². The summed E-state index contributed by atoms with van der Waals surface area (Å²) < 4.78 is 0. The fraction of sp³-hybridized carbons (Fsp3) is 0.226. The number of nitrogens with one attached hydrogen (secondary N) is 5. The van der Waals surface area contributed by atoms with Crippen LogP contribution < -0.4 is 32.6 Å². The van der Waals surface area contributed by atoms with E-state index in [2.05, 4.69) is 41.2 Å². The smallest absolute Gasteiger partial charge is 0.326 e. The van der Waals surface area contributed by atoms with Crippen molar-refractivity contribution in [3.8, 4) is 0 Å². The van der Waals surface area contributed by atoms with Crippen LogP contribution in [0.25, 0.3) is 11.2 Å². The average molecular weight is 690 g/mol. The molecule has 0 unspecified atom stereocenters. The quantitative estimate of drug-likeness (QED) is 0.0776. The number of hydrogen-bond acceptors (Lipinski definition) is 12. The number of aromatic nitrogens is 4. The lowest BCUT2D eigenvalue weighted by Crippen LogP contribution is -2.44. The molecule has 0 fully saturated rings. The number of fused-ring (bicyclic) bond motifs is 1. The Balaban J connectivity index is 1.35. The molecule has 0 spiro atoms. The minimum atomic E-state index is -1.43. The van der Waals surface area contributed by atoms with Crippen molar-refractivity contribution in [2.45, 2.75) is 44.3 Å². The number of rotatable bonds is 16. The van der Waals surface area contributed by atoms with Crippen LogP contribution in [0.3, 0.4) is 0 Å². The van der Waals surface area contributed by atoms with Crippen LogP contribution in [0.2, 0.25) is 0 Å². The lowest BCUT2D eigenvalue weighted by molar-refractivity contribution is -0.141. The minimum Gasteiger partial charge on any atom is -0.481 e. The molecular formula is C31H31N9O10. The first-order valence-electron chi connectivity index (χ1n) is 14.8. The molecule has 0 bridgehead atoms. The van der Waals surface area contributed by atoms with Gasteiger partial charge < -0.3 is 42.3 Å². The van der Waals surface area contributed by atoms with Gasteiger partial charge in [-0.05, 0) is 61.4 Å². The number of aliphatic carboxylic acids is 3. The summed E-state index contributed by atoms with van der Waals surface area (Å²) in [4.78, 5) is 98.7. The lowest BCUT2D eigenvalue weighted by atomic mass is 10.1. The van der Waals surface area contributed by atoms with Gasteiger partial charge in [0.05, 0.1) is 18.4 Å². The average Bonchev–Trinajstić information content (AvgIpc) is 3.07. The molecule has 2 heterocycles. The molecule has 19 heteroatoms. The molecule has 0 aliphatic carbocycles. The Kier molecular flexibility index (Phi) is 11.7. The standard InChI is InChI=1S/C31H31N9O10/c32-31-39-25-24(29(48)40-31)35-19(14-34-25)13-33-17-5-1-15(2-6-17)26(45)37-20(9-11-22(41)42)28(47)36-18-7-3-16(4-8-18)27(46)38-21(30(49)50)10-12-23(43)44/h1-8,14,20-21,33H,9-13H2,(H,36,47)(H,37,45)(H,38,46)(H,41,42)(H,43,44)(H,49,50)(H3,32,34,39,40,48)/t20-,21-/m0/s1. The summed E-state index contributed by atoms with van der Waals surface area (Å²) in [5.74, 6) is -6.06. The summed E-state index contributed by atoms with van der Waals surface area (Å²) in [7, 11) is 0. The molecule has 2 aromatic heterocycles. The molecule has 2 atom stereocenters. The van der Waals surface area contributed by atoms with Crippen molar-refractivity contribution in [1.82, 2.24) is 30.6 Å². The number of amides is 3. The Morgan fingerprint density at radius 3 is 1.86 bits per heavy atom. The number of nitrogen functional groups attached to an aromatic ring is 1. The number of hydrogen-bond donors (Lipinski definition) is 9. The molecule has 0 radical (unpaired) electrons. The van der Waals surface area contributed by atoms with Gasteiger partial charge in [-0.2, -0.15) is 4.98 Å². The Morgan fingerprint density at radius 2 is 1.30 bits per heavy atom. The Morgan fingerprint density at radius 1 is 0.760 bits per heavy atom. The topological polar surface area (TPSA) is 309 Å². The van der Waals surface area contributed by atoms with E-state index in [1.165, 1.54) is 42.6 Å².